The van der Waals surface area contributed by atoms with Gasteiger partial charge in [-0.15, -0.1) is 0 Å². The van der Waals surface area contributed by atoms with Crippen molar-refractivity contribution < 1.29 is 18.0 Å². The van der Waals surface area contributed by atoms with Crippen LogP contribution in [-0.2, 0) is 4.79 Å². The third kappa shape index (κ3) is 5.60. The van der Waals surface area contributed by atoms with E-state index in [1.807, 2.05) is 0 Å². The fourth-order valence-electron chi connectivity index (χ4n) is 1.08. The Morgan fingerprint density at radius 3 is 2.71 bits per heavy atom. The molecule has 6 heteroatoms. The molecule has 0 heterocycles. The van der Waals surface area contributed by atoms with Crippen LogP contribution >= 0.6 is 0 Å². The minimum Gasteiger partial charge on any atom is -0.399 e. The van der Waals surface area contributed by atoms with Crippen molar-refractivity contribution in [3.63, 3.8) is 0 Å². The molecule has 1 aromatic rings. The lowest BCUT2D eigenvalue weighted by Crippen LogP contribution is -2.32. The fourth-order valence-corrected chi connectivity index (χ4v) is 1.08. The third-order valence-electron chi connectivity index (χ3n) is 1.80. The third-order valence-corrected chi connectivity index (χ3v) is 1.80. The van der Waals surface area contributed by atoms with Crippen molar-refractivity contribution >= 4 is 17.7 Å². The molecule has 0 saturated carbocycles. The lowest BCUT2D eigenvalue weighted by Gasteiger charge is -2.05. The summed E-state index contributed by atoms with van der Waals surface area (Å²) in [6, 6.07) is 6.64. The second-order valence-electron chi connectivity index (χ2n) is 3.34. The predicted octanol–water partition coefficient (Wildman–Crippen LogP) is 1.96. The highest BCUT2D eigenvalue weighted by molar-refractivity contribution is 5.91. The van der Waals surface area contributed by atoms with E-state index >= 15 is 0 Å². The van der Waals surface area contributed by atoms with Gasteiger partial charge >= 0.3 is 6.18 Å². The summed E-state index contributed by atoms with van der Waals surface area (Å²) < 4.78 is 35.3. The summed E-state index contributed by atoms with van der Waals surface area (Å²) in [5.74, 6) is -0.801. The Labute approximate surface area is 96.1 Å². The van der Waals surface area contributed by atoms with E-state index < -0.39 is 18.6 Å². The SMILES string of the molecule is Nc1cccc(/C=C/C(=O)NCC(F)(F)F)c1. The van der Waals surface area contributed by atoms with Crippen LogP contribution in [0, 0.1) is 0 Å². The smallest absolute Gasteiger partial charge is 0.399 e. The first-order valence-corrected chi connectivity index (χ1v) is 4.75. The number of hydrogen-bond acceptors (Lipinski definition) is 2. The average Bonchev–Trinajstić information content (AvgIpc) is 2.23. The van der Waals surface area contributed by atoms with Crippen molar-refractivity contribution in [2.75, 3.05) is 12.3 Å². The molecule has 0 aliphatic rings. The number of anilines is 1. The van der Waals surface area contributed by atoms with Gasteiger partial charge in [0.15, 0.2) is 0 Å². The monoisotopic (exact) mass is 244 g/mol. The number of halogens is 3. The number of nitrogens with two attached hydrogens (primary N) is 1. The minimum absolute atomic E-state index is 0.517. The number of rotatable bonds is 3. The van der Waals surface area contributed by atoms with Gasteiger partial charge < -0.3 is 11.1 Å². The van der Waals surface area contributed by atoms with Crippen molar-refractivity contribution in [1.82, 2.24) is 5.32 Å². The molecule has 0 atom stereocenters. The van der Waals surface area contributed by atoms with Gasteiger partial charge in [-0.2, -0.15) is 13.2 Å². The number of benzene rings is 1. The summed E-state index contributed by atoms with van der Waals surface area (Å²) in [4.78, 5) is 11.0. The standard InChI is InChI=1S/C11H11F3N2O/c12-11(13,14)7-16-10(17)5-4-8-2-1-3-9(15)6-8/h1-6H,7,15H2,(H,16,17)/b5-4+. The molecule has 0 aromatic heterocycles. The Hall–Kier alpha value is -1.98. The van der Waals surface area contributed by atoms with Crippen LogP contribution in [0.1, 0.15) is 5.56 Å². The second kappa shape index (κ2) is 5.38. The van der Waals surface area contributed by atoms with Crippen LogP contribution in [0.25, 0.3) is 6.08 Å². The van der Waals surface area contributed by atoms with E-state index in [9.17, 15) is 18.0 Å². The molecule has 92 valence electrons. The van der Waals surface area contributed by atoms with Crippen molar-refractivity contribution in [3.05, 3.63) is 35.9 Å². The Bertz CT molecular complexity index is 427. The summed E-state index contributed by atoms with van der Waals surface area (Å²) in [5.41, 5.74) is 6.66. The van der Waals surface area contributed by atoms with Crippen LogP contribution in [0.3, 0.4) is 0 Å². The molecule has 1 aromatic carbocycles. The number of amides is 1. The maximum atomic E-state index is 11.8. The first-order chi connectivity index (χ1) is 7.87. The molecule has 1 rings (SSSR count). The van der Waals surface area contributed by atoms with Crippen LogP contribution in [-0.4, -0.2) is 18.6 Å². The van der Waals surface area contributed by atoms with E-state index in [-0.39, 0.29) is 0 Å². The molecule has 3 N–H and O–H groups in total. The Morgan fingerprint density at radius 1 is 1.41 bits per heavy atom. The van der Waals surface area contributed by atoms with Gasteiger partial charge in [-0.05, 0) is 23.8 Å². The predicted molar refractivity (Wildman–Crippen MR) is 59.0 cm³/mol. The molecule has 0 unspecified atom stereocenters. The molecule has 3 nitrogen and oxygen atoms in total. The highest BCUT2D eigenvalue weighted by Crippen LogP contribution is 2.12. The molecule has 0 bridgehead atoms. The zero-order valence-electron chi connectivity index (χ0n) is 8.79. The van der Waals surface area contributed by atoms with Gasteiger partial charge in [0, 0.05) is 11.8 Å². The maximum Gasteiger partial charge on any atom is 0.405 e. The zero-order chi connectivity index (χ0) is 12.9. The van der Waals surface area contributed by atoms with E-state index in [0.717, 1.165) is 6.08 Å². The Morgan fingerprint density at radius 2 is 2.12 bits per heavy atom. The van der Waals surface area contributed by atoms with Gasteiger partial charge in [0.05, 0.1) is 0 Å². The summed E-state index contributed by atoms with van der Waals surface area (Å²) >= 11 is 0. The maximum absolute atomic E-state index is 11.8. The number of carbonyl (C=O) groups excluding carboxylic acids is 1. The summed E-state index contributed by atoms with van der Waals surface area (Å²) in [6.45, 7) is -1.34. The molecule has 17 heavy (non-hydrogen) atoms. The van der Waals surface area contributed by atoms with Crippen LogP contribution in [0.15, 0.2) is 30.3 Å². The molecular weight excluding hydrogens is 233 g/mol. The van der Waals surface area contributed by atoms with Crippen molar-refractivity contribution in [1.29, 1.82) is 0 Å². The van der Waals surface area contributed by atoms with Gasteiger partial charge in [0.1, 0.15) is 6.54 Å². The van der Waals surface area contributed by atoms with Gasteiger partial charge in [-0.25, -0.2) is 0 Å². The summed E-state index contributed by atoms with van der Waals surface area (Å²) in [5, 5.41) is 1.73. The van der Waals surface area contributed by atoms with Crippen LogP contribution in [0.2, 0.25) is 0 Å². The van der Waals surface area contributed by atoms with E-state index in [4.69, 9.17) is 5.73 Å². The highest BCUT2D eigenvalue weighted by Gasteiger charge is 2.27. The quantitative estimate of drug-likeness (QED) is 0.630. The van der Waals surface area contributed by atoms with E-state index in [2.05, 4.69) is 0 Å². The molecule has 0 aliphatic heterocycles. The van der Waals surface area contributed by atoms with Crippen LogP contribution < -0.4 is 11.1 Å². The number of nitrogens with one attached hydrogen (secondary N) is 1. The number of alkyl halides is 3. The van der Waals surface area contributed by atoms with Crippen molar-refractivity contribution in [3.8, 4) is 0 Å². The van der Waals surface area contributed by atoms with Gasteiger partial charge in [0.25, 0.3) is 0 Å². The number of hydrogen-bond donors (Lipinski definition) is 2. The first-order valence-electron chi connectivity index (χ1n) is 4.75. The lowest BCUT2D eigenvalue weighted by atomic mass is 10.2. The van der Waals surface area contributed by atoms with E-state index in [1.54, 1.807) is 29.6 Å². The molecule has 0 fully saturated rings. The molecular formula is C11H11F3N2O. The van der Waals surface area contributed by atoms with Crippen LogP contribution in [0.4, 0.5) is 18.9 Å². The topological polar surface area (TPSA) is 55.1 Å². The van der Waals surface area contributed by atoms with E-state index in [0.29, 0.717) is 11.3 Å². The lowest BCUT2D eigenvalue weighted by molar-refractivity contribution is -0.135. The fraction of sp³-hybridized carbons (Fsp3) is 0.182. The Kier molecular flexibility index (Phi) is 4.14. The molecule has 0 spiro atoms. The normalized spacial score (nSPS) is 11.7. The van der Waals surface area contributed by atoms with E-state index in [1.165, 1.54) is 6.08 Å². The molecule has 0 radical (unpaired) electrons. The first kappa shape index (κ1) is 13.1. The molecule has 0 aliphatic carbocycles. The van der Waals surface area contributed by atoms with Crippen molar-refractivity contribution in [2.24, 2.45) is 0 Å². The zero-order valence-corrected chi connectivity index (χ0v) is 8.79. The number of carbonyl (C=O) groups is 1. The molecule has 0 saturated heterocycles. The van der Waals surface area contributed by atoms with Crippen molar-refractivity contribution in [2.45, 2.75) is 6.18 Å². The molecule has 1 amide bonds. The van der Waals surface area contributed by atoms with Gasteiger partial charge in [0.2, 0.25) is 5.91 Å². The largest absolute Gasteiger partial charge is 0.405 e. The van der Waals surface area contributed by atoms with Gasteiger partial charge in [-0.3, -0.25) is 4.79 Å². The highest BCUT2D eigenvalue weighted by atomic mass is 19.4. The minimum atomic E-state index is -4.40. The average molecular weight is 244 g/mol. The summed E-state index contributed by atoms with van der Waals surface area (Å²) in [6.07, 6.45) is -1.98. The number of nitrogen functional groups attached to an aromatic ring is 1. The second-order valence-corrected chi connectivity index (χ2v) is 3.34. The summed E-state index contributed by atoms with van der Waals surface area (Å²) in [7, 11) is 0. The van der Waals surface area contributed by atoms with Crippen LogP contribution in [0.5, 0.6) is 0 Å². The Balaban J connectivity index is 2.51. The van der Waals surface area contributed by atoms with Gasteiger partial charge in [-0.1, -0.05) is 12.1 Å².